The van der Waals surface area contributed by atoms with Gasteiger partial charge in [0.25, 0.3) is 0 Å². The van der Waals surface area contributed by atoms with Crippen LogP contribution in [0.4, 0.5) is 0 Å². The summed E-state index contributed by atoms with van der Waals surface area (Å²) in [5, 5.41) is 0. The van der Waals surface area contributed by atoms with Gasteiger partial charge in [-0.1, -0.05) is 39.0 Å². The van der Waals surface area contributed by atoms with Crippen LogP contribution in [0.15, 0.2) is 24.3 Å². The van der Waals surface area contributed by atoms with Crippen LogP contribution in [0.3, 0.4) is 0 Å². The number of carbonyl (C=O) groups is 1. The van der Waals surface area contributed by atoms with Crippen molar-refractivity contribution in [3.8, 4) is 0 Å². The molecule has 0 bridgehead atoms. The van der Waals surface area contributed by atoms with Crippen LogP contribution in [0, 0.1) is 17.3 Å². The summed E-state index contributed by atoms with van der Waals surface area (Å²) in [5.74, 6) is 1.16. The lowest BCUT2D eigenvalue weighted by atomic mass is 9.61. The first-order valence-electron chi connectivity index (χ1n) is 5.72. The Balaban J connectivity index is 2.90. The van der Waals surface area contributed by atoms with Crippen molar-refractivity contribution in [2.75, 3.05) is 0 Å². The molecule has 0 aliphatic heterocycles. The number of carbonyl (C=O) groups excluding carboxylic acids is 1. The van der Waals surface area contributed by atoms with E-state index in [1.165, 1.54) is 12.0 Å². The lowest BCUT2D eigenvalue weighted by Crippen LogP contribution is -2.35. The van der Waals surface area contributed by atoms with Crippen LogP contribution in [-0.2, 0) is 4.79 Å². The Hall–Kier alpha value is -0.850. The Bertz CT molecular complexity index is 296. The van der Waals surface area contributed by atoms with Crippen molar-refractivity contribution in [1.82, 2.24) is 0 Å². The molecule has 0 unspecified atom stereocenters. The molecule has 0 heterocycles. The van der Waals surface area contributed by atoms with Gasteiger partial charge in [0.05, 0.1) is 0 Å². The highest BCUT2D eigenvalue weighted by Crippen LogP contribution is 2.47. The fourth-order valence-corrected chi connectivity index (χ4v) is 2.38. The first-order valence-corrected chi connectivity index (χ1v) is 5.72. The molecule has 0 N–H and O–H groups in total. The largest absolute Gasteiger partial charge is 0.295 e. The van der Waals surface area contributed by atoms with Crippen molar-refractivity contribution in [2.24, 2.45) is 17.3 Å². The van der Waals surface area contributed by atoms with Gasteiger partial charge in [0.1, 0.15) is 0 Å². The van der Waals surface area contributed by atoms with Gasteiger partial charge < -0.3 is 0 Å². The van der Waals surface area contributed by atoms with Gasteiger partial charge in [-0.25, -0.2) is 0 Å². The Labute approximate surface area is 93.3 Å². The molecule has 1 aliphatic rings. The monoisotopic (exact) mass is 206 g/mol. The summed E-state index contributed by atoms with van der Waals surface area (Å²) in [5.41, 5.74) is 1.50. The molecule has 1 aliphatic carbocycles. The molecule has 84 valence electrons. The molecular weight excluding hydrogens is 184 g/mol. The molecule has 1 rings (SSSR count). The minimum absolute atomic E-state index is 0.122. The molecule has 0 saturated heterocycles. The second kappa shape index (κ2) is 4.34. The Morgan fingerprint density at radius 3 is 2.67 bits per heavy atom. The second-order valence-corrected chi connectivity index (χ2v) is 5.37. The third-order valence-corrected chi connectivity index (χ3v) is 3.93. The van der Waals surface area contributed by atoms with Crippen LogP contribution in [-0.4, -0.2) is 5.78 Å². The van der Waals surface area contributed by atoms with Crippen LogP contribution in [0.2, 0.25) is 0 Å². The fourth-order valence-electron chi connectivity index (χ4n) is 2.38. The maximum absolute atomic E-state index is 11.0. The van der Waals surface area contributed by atoms with Crippen molar-refractivity contribution in [1.29, 1.82) is 0 Å². The van der Waals surface area contributed by atoms with E-state index < -0.39 is 0 Å². The summed E-state index contributed by atoms with van der Waals surface area (Å²) in [6.07, 6.45) is 6.05. The van der Waals surface area contributed by atoms with Crippen molar-refractivity contribution < 1.29 is 4.79 Å². The second-order valence-electron chi connectivity index (χ2n) is 5.37. The van der Waals surface area contributed by atoms with Gasteiger partial charge in [-0.3, -0.25) is 4.79 Å². The van der Waals surface area contributed by atoms with E-state index in [2.05, 4.69) is 27.4 Å². The van der Waals surface area contributed by atoms with Crippen LogP contribution in [0.25, 0.3) is 0 Å². The predicted molar refractivity (Wildman–Crippen MR) is 64.6 cm³/mol. The summed E-state index contributed by atoms with van der Waals surface area (Å²) < 4.78 is 0. The van der Waals surface area contributed by atoms with Gasteiger partial charge in [0, 0.05) is 5.92 Å². The number of allylic oxidation sites excluding steroid dienone is 3. The molecule has 1 heteroatoms. The van der Waals surface area contributed by atoms with Crippen LogP contribution in [0.1, 0.15) is 40.5 Å². The Kier molecular flexibility index (Phi) is 3.54. The van der Waals surface area contributed by atoms with Gasteiger partial charge in [0.15, 0.2) is 5.78 Å². The predicted octanol–water partition coefficient (Wildman–Crippen LogP) is 3.76. The topological polar surface area (TPSA) is 17.1 Å². The molecular formula is C14H22O. The van der Waals surface area contributed by atoms with Crippen LogP contribution < -0.4 is 0 Å². The summed E-state index contributed by atoms with van der Waals surface area (Å²) >= 11 is 0. The van der Waals surface area contributed by atoms with E-state index in [0.717, 1.165) is 6.42 Å². The van der Waals surface area contributed by atoms with Crippen molar-refractivity contribution in [3.05, 3.63) is 24.3 Å². The first-order chi connectivity index (χ1) is 6.85. The average molecular weight is 206 g/mol. The van der Waals surface area contributed by atoms with Crippen molar-refractivity contribution >= 4 is 5.78 Å². The van der Waals surface area contributed by atoms with E-state index in [-0.39, 0.29) is 11.2 Å². The Morgan fingerprint density at radius 1 is 1.53 bits per heavy atom. The molecule has 0 spiro atoms. The van der Waals surface area contributed by atoms with E-state index in [9.17, 15) is 4.79 Å². The highest BCUT2D eigenvalue weighted by atomic mass is 16.1. The fraction of sp³-hybridized carbons (Fsp3) is 0.643. The summed E-state index contributed by atoms with van der Waals surface area (Å²) in [7, 11) is 0. The standard InChI is InChI=1S/C14H22O/c1-10-6-7-11(2)14(4,5)13(10)9-8-12(3)15/h8-9,11,13H,1,6-7H2,2-5H3/b9-8+/t11-,13+/m1/s1. The summed E-state index contributed by atoms with van der Waals surface area (Å²) in [6.45, 7) is 12.6. The maximum Gasteiger partial charge on any atom is 0.152 e. The number of hydrogen-bond donors (Lipinski definition) is 0. The molecule has 2 atom stereocenters. The highest BCUT2D eigenvalue weighted by Gasteiger charge is 2.38. The smallest absolute Gasteiger partial charge is 0.152 e. The lowest BCUT2D eigenvalue weighted by molar-refractivity contribution is -0.112. The minimum atomic E-state index is 0.122. The first kappa shape index (κ1) is 12.2. The molecule has 0 amide bonds. The van der Waals surface area contributed by atoms with E-state index in [1.807, 2.05) is 6.08 Å². The quantitative estimate of drug-likeness (QED) is 0.496. The molecule has 1 saturated carbocycles. The molecule has 0 aromatic rings. The van der Waals surface area contributed by atoms with Gasteiger partial charge >= 0.3 is 0 Å². The number of rotatable bonds is 2. The van der Waals surface area contributed by atoms with Crippen molar-refractivity contribution in [2.45, 2.75) is 40.5 Å². The van der Waals surface area contributed by atoms with E-state index in [1.54, 1.807) is 13.0 Å². The Morgan fingerprint density at radius 2 is 2.13 bits per heavy atom. The zero-order valence-corrected chi connectivity index (χ0v) is 10.3. The van der Waals surface area contributed by atoms with Gasteiger partial charge in [-0.05, 0) is 37.2 Å². The molecule has 1 nitrogen and oxygen atoms in total. The number of ketones is 1. The number of hydrogen-bond acceptors (Lipinski definition) is 1. The average Bonchev–Trinajstić information content (AvgIpc) is 2.11. The molecule has 15 heavy (non-hydrogen) atoms. The molecule has 0 aromatic heterocycles. The third-order valence-electron chi connectivity index (χ3n) is 3.93. The normalized spacial score (nSPS) is 30.8. The molecule has 0 radical (unpaired) electrons. The lowest BCUT2D eigenvalue weighted by Gasteiger charge is -2.44. The maximum atomic E-state index is 11.0. The van der Waals surface area contributed by atoms with Crippen LogP contribution in [0.5, 0.6) is 0 Å². The van der Waals surface area contributed by atoms with E-state index in [4.69, 9.17) is 0 Å². The van der Waals surface area contributed by atoms with E-state index in [0.29, 0.717) is 11.8 Å². The zero-order valence-electron chi connectivity index (χ0n) is 10.3. The third kappa shape index (κ3) is 2.58. The summed E-state index contributed by atoms with van der Waals surface area (Å²) in [4.78, 5) is 11.0. The molecule has 1 fully saturated rings. The summed E-state index contributed by atoms with van der Waals surface area (Å²) in [6, 6.07) is 0. The van der Waals surface area contributed by atoms with Crippen molar-refractivity contribution in [3.63, 3.8) is 0 Å². The highest BCUT2D eigenvalue weighted by molar-refractivity contribution is 5.87. The zero-order chi connectivity index (χ0) is 11.6. The van der Waals surface area contributed by atoms with Gasteiger partial charge in [0.2, 0.25) is 0 Å². The van der Waals surface area contributed by atoms with Gasteiger partial charge in [-0.15, -0.1) is 0 Å². The van der Waals surface area contributed by atoms with Crippen LogP contribution >= 0.6 is 0 Å². The minimum Gasteiger partial charge on any atom is -0.295 e. The SMILES string of the molecule is C=C1CC[C@@H](C)C(C)(C)[C@H]1/C=C/C(C)=O. The van der Waals surface area contributed by atoms with E-state index >= 15 is 0 Å². The van der Waals surface area contributed by atoms with Gasteiger partial charge in [-0.2, -0.15) is 0 Å². The molecule has 0 aromatic carbocycles.